The van der Waals surface area contributed by atoms with Gasteiger partial charge in [-0.2, -0.15) is 0 Å². The normalized spacial score (nSPS) is 13.7. The highest BCUT2D eigenvalue weighted by Gasteiger charge is 2.00. The quantitative estimate of drug-likeness (QED) is 0.590. The van der Waals surface area contributed by atoms with E-state index < -0.39 is 0 Å². The third-order valence-electron chi connectivity index (χ3n) is 1.50. The Morgan fingerprint density at radius 3 is 2.56 bits per heavy atom. The Morgan fingerprint density at radius 1 is 1.56 bits per heavy atom. The van der Waals surface area contributed by atoms with Crippen LogP contribution in [0.2, 0.25) is 0 Å². The largest absolute Gasteiger partial charge is 0.316 e. The average molecular weight is 150 g/mol. The number of hydrogen-bond acceptors (Lipinski definition) is 1. The molecule has 1 nitrogen and oxygen atoms in total. The Kier molecular flexibility index (Phi) is 6.55. The summed E-state index contributed by atoms with van der Waals surface area (Å²) in [5.41, 5.74) is 0. The molecule has 1 unspecified atom stereocenters. The van der Waals surface area contributed by atoms with Gasteiger partial charge in [0.15, 0.2) is 0 Å². The van der Waals surface area contributed by atoms with E-state index in [9.17, 15) is 0 Å². The summed E-state index contributed by atoms with van der Waals surface area (Å²) in [6, 6.07) is 0.520. The van der Waals surface area contributed by atoms with Crippen molar-refractivity contribution in [3.05, 3.63) is 0 Å². The van der Waals surface area contributed by atoms with Crippen molar-refractivity contribution in [3.8, 4) is 0 Å². The fourth-order valence-electron chi connectivity index (χ4n) is 0.749. The van der Waals surface area contributed by atoms with Crippen LogP contribution in [0, 0.1) is 0 Å². The lowest BCUT2D eigenvalue weighted by Gasteiger charge is -2.10. The van der Waals surface area contributed by atoms with E-state index in [0.717, 1.165) is 5.88 Å². The highest BCUT2D eigenvalue weighted by atomic mass is 35.5. The van der Waals surface area contributed by atoms with E-state index in [1.807, 2.05) is 7.05 Å². The molecule has 0 aromatic heterocycles. The zero-order valence-corrected chi connectivity index (χ0v) is 7.04. The summed E-state index contributed by atoms with van der Waals surface area (Å²) in [5, 5.41) is 3.15. The van der Waals surface area contributed by atoms with Gasteiger partial charge in [-0.05, 0) is 13.5 Å². The third kappa shape index (κ3) is 4.73. The van der Waals surface area contributed by atoms with Crippen LogP contribution < -0.4 is 5.32 Å². The predicted molar refractivity (Wildman–Crippen MR) is 43.1 cm³/mol. The summed E-state index contributed by atoms with van der Waals surface area (Å²) in [5.74, 6) is 0.733. The number of rotatable bonds is 5. The molecule has 1 atom stereocenters. The minimum Gasteiger partial charge on any atom is -0.316 e. The molecule has 56 valence electrons. The SMILES string of the molecule is CCCCC(CCl)NC. The first-order valence-electron chi connectivity index (χ1n) is 3.58. The maximum absolute atomic E-state index is 5.64. The lowest BCUT2D eigenvalue weighted by atomic mass is 10.1. The van der Waals surface area contributed by atoms with Gasteiger partial charge in [0.1, 0.15) is 0 Å². The second kappa shape index (κ2) is 6.37. The zero-order valence-electron chi connectivity index (χ0n) is 6.28. The molecule has 0 aliphatic carbocycles. The molecule has 0 rings (SSSR count). The molecule has 0 fully saturated rings. The molecule has 0 heterocycles. The van der Waals surface area contributed by atoms with Gasteiger partial charge in [0.2, 0.25) is 0 Å². The summed E-state index contributed by atoms with van der Waals surface area (Å²) in [6.45, 7) is 2.20. The first-order chi connectivity index (χ1) is 4.35. The third-order valence-corrected chi connectivity index (χ3v) is 1.87. The van der Waals surface area contributed by atoms with Crippen LogP contribution in [-0.2, 0) is 0 Å². The molecule has 0 aliphatic heterocycles. The molecular formula is C7H16ClN. The first kappa shape index (κ1) is 9.25. The minimum atomic E-state index is 0.520. The van der Waals surface area contributed by atoms with Crippen molar-refractivity contribution in [2.24, 2.45) is 0 Å². The average Bonchev–Trinajstić information content (AvgIpc) is 1.91. The lowest BCUT2D eigenvalue weighted by Crippen LogP contribution is -2.26. The number of unbranched alkanes of at least 4 members (excludes halogenated alkanes) is 1. The van der Waals surface area contributed by atoms with Gasteiger partial charge in [-0.25, -0.2) is 0 Å². The number of nitrogens with one attached hydrogen (secondary N) is 1. The summed E-state index contributed by atoms with van der Waals surface area (Å²) < 4.78 is 0. The molecule has 2 heteroatoms. The molecule has 0 bridgehead atoms. The monoisotopic (exact) mass is 149 g/mol. The maximum atomic E-state index is 5.64. The van der Waals surface area contributed by atoms with Gasteiger partial charge < -0.3 is 5.32 Å². The molecule has 0 aromatic carbocycles. The second-order valence-electron chi connectivity index (χ2n) is 2.28. The van der Waals surface area contributed by atoms with Crippen LogP contribution in [0.25, 0.3) is 0 Å². The van der Waals surface area contributed by atoms with Gasteiger partial charge in [0.25, 0.3) is 0 Å². The highest BCUT2D eigenvalue weighted by molar-refractivity contribution is 6.18. The van der Waals surface area contributed by atoms with E-state index in [0.29, 0.717) is 6.04 Å². The van der Waals surface area contributed by atoms with Crippen molar-refractivity contribution in [2.75, 3.05) is 12.9 Å². The maximum Gasteiger partial charge on any atom is 0.0377 e. The van der Waals surface area contributed by atoms with Crippen molar-refractivity contribution in [1.82, 2.24) is 5.32 Å². The van der Waals surface area contributed by atoms with Crippen molar-refractivity contribution in [3.63, 3.8) is 0 Å². The van der Waals surface area contributed by atoms with Crippen LogP contribution in [0.15, 0.2) is 0 Å². The molecule has 0 amide bonds. The van der Waals surface area contributed by atoms with E-state index in [-0.39, 0.29) is 0 Å². The Bertz CT molecular complexity index is 52.9. The predicted octanol–water partition coefficient (Wildman–Crippen LogP) is 2.00. The van der Waals surface area contributed by atoms with Gasteiger partial charge in [-0.15, -0.1) is 11.6 Å². The van der Waals surface area contributed by atoms with Crippen molar-refractivity contribution >= 4 is 11.6 Å². The second-order valence-corrected chi connectivity index (χ2v) is 2.59. The zero-order chi connectivity index (χ0) is 7.11. The van der Waals surface area contributed by atoms with E-state index >= 15 is 0 Å². The van der Waals surface area contributed by atoms with E-state index in [2.05, 4.69) is 12.2 Å². The Labute approximate surface area is 62.8 Å². The summed E-state index contributed by atoms with van der Waals surface area (Å²) >= 11 is 5.64. The molecule has 0 spiro atoms. The van der Waals surface area contributed by atoms with Gasteiger partial charge >= 0.3 is 0 Å². The number of alkyl halides is 1. The van der Waals surface area contributed by atoms with Crippen LogP contribution >= 0.6 is 11.6 Å². The molecule has 9 heavy (non-hydrogen) atoms. The molecule has 0 aliphatic rings. The summed E-state index contributed by atoms with van der Waals surface area (Å²) in [7, 11) is 1.96. The standard InChI is InChI=1S/C7H16ClN/c1-3-4-5-7(6-8)9-2/h7,9H,3-6H2,1-2H3. The van der Waals surface area contributed by atoms with Crippen LogP contribution in [0.1, 0.15) is 26.2 Å². The summed E-state index contributed by atoms with van der Waals surface area (Å²) in [4.78, 5) is 0. The lowest BCUT2D eigenvalue weighted by molar-refractivity contribution is 0.542. The van der Waals surface area contributed by atoms with Crippen molar-refractivity contribution < 1.29 is 0 Å². The number of halogens is 1. The van der Waals surface area contributed by atoms with E-state index in [1.54, 1.807) is 0 Å². The topological polar surface area (TPSA) is 12.0 Å². The molecular weight excluding hydrogens is 134 g/mol. The molecule has 0 aromatic rings. The van der Waals surface area contributed by atoms with Gasteiger partial charge in [-0.3, -0.25) is 0 Å². The van der Waals surface area contributed by atoms with Gasteiger partial charge in [0.05, 0.1) is 0 Å². The summed E-state index contributed by atoms with van der Waals surface area (Å²) in [6.07, 6.45) is 3.74. The van der Waals surface area contributed by atoms with Crippen LogP contribution in [0.3, 0.4) is 0 Å². The number of hydrogen-bond donors (Lipinski definition) is 1. The van der Waals surface area contributed by atoms with E-state index in [4.69, 9.17) is 11.6 Å². The van der Waals surface area contributed by atoms with Crippen LogP contribution in [0.4, 0.5) is 0 Å². The Morgan fingerprint density at radius 2 is 2.22 bits per heavy atom. The Balaban J connectivity index is 3.09. The molecule has 0 radical (unpaired) electrons. The molecule has 1 N–H and O–H groups in total. The fraction of sp³-hybridized carbons (Fsp3) is 1.00. The molecule has 0 saturated heterocycles. The smallest absolute Gasteiger partial charge is 0.0377 e. The fourth-order valence-corrected chi connectivity index (χ4v) is 1.06. The molecule has 0 saturated carbocycles. The van der Waals surface area contributed by atoms with Gasteiger partial charge in [0, 0.05) is 11.9 Å². The first-order valence-corrected chi connectivity index (χ1v) is 4.11. The van der Waals surface area contributed by atoms with Gasteiger partial charge in [-0.1, -0.05) is 19.8 Å². The minimum absolute atomic E-state index is 0.520. The highest BCUT2D eigenvalue weighted by Crippen LogP contribution is 2.00. The van der Waals surface area contributed by atoms with E-state index in [1.165, 1.54) is 19.3 Å². The van der Waals surface area contributed by atoms with Crippen LogP contribution in [0.5, 0.6) is 0 Å². The van der Waals surface area contributed by atoms with Crippen LogP contribution in [-0.4, -0.2) is 19.0 Å². The Hall–Kier alpha value is 0.250. The van der Waals surface area contributed by atoms with Crippen molar-refractivity contribution in [1.29, 1.82) is 0 Å². The van der Waals surface area contributed by atoms with Crippen molar-refractivity contribution in [2.45, 2.75) is 32.2 Å².